The third-order valence-corrected chi connectivity index (χ3v) is 3.19. The zero-order valence-corrected chi connectivity index (χ0v) is 11.8. The Hall–Kier alpha value is -3.28. The van der Waals surface area contributed by atoms with Crippen LogP contribution in [0.15, 0.2) is 66.9 Å². The van der Waals surface area contributed by atoms with Crippen molar-refractivity contribution in [2.24, 2.45) is 0 Å². The molecule has 0 aliphatic carbocycles. The van der Waals surface area contributed by atoms with Gasteiger partial charge >= 0.3 is 0 Å². The van der Waals surface area contributed by atoms with Crippen molar-refractivity contribution in [2.75, 3.05) is 0 Å². The predicted octanol–water partition coefficient (Wildman–Crippen LogP) is 4.59. The summed E-state index contributed by atoms with van der Waals surface area (Å²) in [5, 5.41) is 10.6. The summed E-state index contributed by atoms with van der Waals surface area (Å²) in [5.41, 5.74) is 1.73. The second kappa shape index (κ2) is 6.23. The van der Waals surface area contributed by atoms with Gasteiger partial charge in [-0.2, -0.15) is 0 Å². The summed E-state index contributed by atoms with van der Waals surface area (Å²) < 4.78 is 18.4. The Morgan fingerprint density at radius 3 is 2.04 bits per heavy atom. The maximum atomic E-state index is 12.9. The van der Waals surface area contributed by atoms with E-state index < -0.39 is 4.92 Å². The lowest BCUT2D eigenvalue weighted by Crippen LogP contribution is -1.91. The lowest BCUT2D eigenvalue weighted by Gasteiger charge is -2.06. The van der Waals surface area contributed by atoms with Gasteiger partial charge in [0.05, 0.1) is 4.92 Å². The van der Waals surface area contributed by atoms with E-state index in [2.05, 4.69) is 4.98 Å². The molecular formula is C17H11FN2O3. The van der Waals surface area contributed by atoms with Gasteiger partial charge in [0.15, 0.2) is 0 Å². The molecule has 2 aromatic carbocycles. The van der Waals surface area contributed by atoms with E-state index in [0.29, 0.717) is 5.75 Å². The molecule has 0 N–H and O–H groups in total. The summed E-state index contributed by atoms with van der Waals surface area (Å²) in [4.78, 5) is 13.9. The number of nitro groups is 1. The van der Waals surface area contributed by atoms with Crippen LogP contribution in [0.1, 0.15) is 0 Å². The van der Waals surface area contributed by atoms with Crippen molar-refractivity contribution in [3.63, 3.8) is 0 Å². The van der Waals surface area contributed by atoms with E-state index in [4.69, 9.17) is 4.74 Å². The molecule has 0 spiro atoms. The summed E-state index contributed by atoms with van der Waals surface area (Å²) in [7, 11) is 0. The molecule has 0 aliphatic heterocycles. The number of aromatic nitrogens is 1. The fourth-order valence-electron chi connectivity index (χ4n) is 2.02. The topological polar surface area (TPSA) is 65.3 Å². The van der Waals surface area contributed by atoms with Gasteiger partial charge in [0.2, 0.25) is 5.88 Å². The molecule has 0 bridgehead atoms. The SMILES string of the molecule is O=[N+]([O-])c1ccc(Oc2ccc(-c3ccc(F)cc3)cc2)nc1. The molecule has 0 radical (unpaired) electrons. The molecule has 5 nitrogen and oxygen atoms in total. The molecule has 3 aromatic rings. The first kappa shape index (κ1) is 14.6. The van der Waals surface area contributed by atoms with Crippen LogP contribution < -0.4 is 4.74 Å². The Morgan fingerprint density at radius 1 is 0.913 bits per heavy atom. The van der Waals surface area contributed by atoms with Gasteiger partial charge in [-0.15, -0.1) is 0 Å². The van der Waals surface area contributed by atoms with Gasteiger partial charge in [0.1, 0.15) is 17.8 Å². The van der Waals surface area contributed by atoms with E-state index >= 15 is 0 Å². The molecule has 3 rings (SSSR count). The Morgan fingerprint density at radius 2 is 1.52 bits per heavy atom. The minimum absolute atomic E-state index is 0.0935. The van der Waals surface area contributed by atoms with Crippen LogP contribution in [-0.2, 0) is 0 Å². The van der Waals surface area contributed by atoms with E-state index in [-0.39, 0.29) is 17.4 Å². The number of nitrogens with zero attached hydrogens (tertiary/aromatic N) is 2. The molecule has 0 amide bonds. The smallest absolute Gasteiger partial charge is 0.287 e. The quantitative estimate of drug-likeness (QED) is 0.522. The molecule has 23 heavy (non-hydrogen) atoms. The minimum Gasteiger partial charge on any atom is -0.439 e. The van der Waals surface area contributed by atoms with E-state index in [1.54, 1.807) is 24.3 Å². The highest BCUT2D eigenvalue weighted by Gasteiger charge is 2.06. The third-order valence-electron chi connectivity index (χ3n) is 3.19. The van der Waals surface area contributed by atoms with Gasteiger partial charge in [-0.25, -0.2) is 9.37 Å². The number of ether oxygens (including phenoxy) is 1. The molecule has 0 atom stereocenters. The monoisotopic (exact) mass is 310 g/mol. The number of halogens is 1. The second-order valence-electron chi connectivity index (χ2n) is 4.75. The first-order valence-electron chi connectivity index (χ1n) is 6.76. The van der Waals surface area contributed by atoms with Crippen LogP contribution in [0.4, 0.5) is 10.1 Å². The second-order valence-corrected chi connectivity index (χ2v) is 4.75. The van der Waals surface area contributed by atoms with Crippen molar-refractivity contribution in [3.8, 4) is 22.8 Å². The fourth-order valence-corrected chi connectivity index (χ4v) is 2.02. The first-order valence-corrected chi connectivity index (χ1v) is 6.76. The first-order chi connectivity index (χ1) is 11.1. The van der Waals surface area contributed by atoms with Gasteiger partial charge in [-0.05, 0) is 35.4 Å². The van der Waals surface area contributed by atoms with Crippen LogP contribution in [-0.4, -0.2) is 9.91 Å². The fraction of sp³-hybridized carbons (Fsp3) is 0. The summed E-state index contributed by atoms with van der Waals surface area (Å²) >= 11 is 0. The number of hydrogen-bond donors (Lipinski definition) is 0. The summed E-state index contributed by atoms with van der Waals surface area (Å²) in [6.45, 7) is 0. The molecule has 6 heteroatoms. The Labute approximate surface area is 131 Å². The van der Waals surface area contributed by atoms with Crippen LogP contribution in [0.25, 0.3) is 11.1 Å². The lowest BCUT2D eigenvalue weighted by molar-refractivity contribution is -0.385. The minimum atomic E-state index is -0.520. The van der Waals surface area contributed by atoms with Gasteiger partial charge in [0.25, 0.3) is 5.69 Å². The van der Waals surface area contributed by atoms with Crippen molar-refractivity contribution in [1.82, 2.24) is 4.98 Å². The highest BCUT2D eigenvalue weighted by Crippen LogP contribution is 2.25. The van der Waals surface area contributed by atoms with Crippen LogP contribution >= 0.6 is 0 Å². The summed E-state index contributed by atoms with van der Waals surface area (Å²) in [6, 6.07) is 16.2. The maximum absolute atomic E-state index is 12.9. The van der Waals surface area contributed by atoms with Crippen LogP contribution in [0.2, 0.25) is 0 Å². The van der Waals surface area contributed by atoms with Crippen LogP contribution in [0.3, 0.4) is 0 Å². The van der Waals surface area contributed by atoms with Gasteiger partial charge in [-0.3, -0.25) is 10.1 Å². The predicted molar refractivity (Wildman–Crippen MR) is 82.8 cm³/mol. The molecule has 1 aromatic heterocycles. The van der Waals surface area contributed by atoms with Crippen LogP contribution in [0.5, 0.6) is 11.6 Å². The van der Waals surface area contributed by atoms with Crippen molar-refractivity contribution in [2.45, 2.75) is 0 Å². The molecule has 1 heterocycles. The van der Waals surface area contributed by atoms with E-state index in [1.807, 2.05) is 12.1 Å². The summed E-state index contributed by atoms with van der Waals surface area (Å²) in [6.07, 6.45) is 1.14. The van der Waals surface area contributed by atoms with Crippen molar-refractivity contribution >= 4 is 5.69 Å². The van der Waals surface area contributed by atoms with Gasteiger partial charge in [-0.1, -0.05) is 24.3 Å². The number of rotatable bonds is 4. The van der Waals surface area contributed by atoms with E-state index in [0.717, 1.165) is 17.3 Å². The Balaban J connectivity index is 1.74. The number of pyridine rings is 1. The Bertz CT molecular complexity index is 816. The lowest BCUT2D eigenvalue weighted by atomic mass is 10.1. The zero-order chi connectivity index (χ0) is 16.2. The molecule has 0 fully saturated rings. The average molecular weight is 310 g/mol. The van der Waals surface area contributed by atoms with E-state index in [1.165, 1.54) is 24.3 Å². The van der Waals surface area contributed by atoms with Gasteiger partial charge in [0, 0.05) is 12.1 Å². The van der Waals surface area contributed by atoms with E-state index in [9.17, 15) is 14.5 Å². The molecule has 114 valence electrons. The highest BCUT2D eigenvalue weighted by atomic mass is 19.1. The maximum Gasteiger partial charge on any atom is 0.287 e. The molecular weight excluding hydrogens is 299 g/mol. The normalized spacial score (nSPS) is 10.3. The summed E-state index contributed by atoms with van der Waals surface area (Å²) in [5.74, 6) is 0.542. The van der Waals surface area contributed by atoms with Gasteiger partial charge < -0.3 is 4.74 Å². The highest BCUT2D eigenvalue weighted by molar-refractivity contribution is 5.64. The Kier molecular flexibility index (Phi) is 3.97. The number of benzene rings is 2. The standard InChI is InChI=1S/C17H11FN2O3/c18-14-5-1-12(2-6-14)13-3-8-16(9-4-13)23-17-10-7-15(11-19-17)20(21)22/h1-11H. The van der Waals surface area contributed by atoms with Crippen molar-refractivity contribution in [1.29, 1.82) is 0 Å². The molecule has 0 unspecified atom stereocenters. The number of hydrogen-bond acceptors (Lipinski definition) is 4. The van der Waals surface area contributed by atoms with Crippen molar-refractivity contribution < 1.29 is 14.1 Å². The van der Waals surface area contributed by atoms with Crippen LogP contribution in [0, 0.1) is 15.9 Å². The zero-order valence-electron chi connectivity index (χ0n) is 11.8. The molecule has 0 aliphatic rings. The average Bonchev–Trinajstić information content (AvgIpc) is 2.57. The molecule has 0 saturated carbocycles. The largest absolute Gasteiger partial charge is 0.439 e. The van der Waals surface area contributed by atoms with Crippen molar-refractivity contribution in [3.05, 3.63) is 82.8 Å². The molecule has 0 saturated heterocycles. The third kappa shape index (κ3) is 3.49.